The molecular weight excluding hydrogens is 1090 g/mol. The first kappa shape index (κ1) is 59.4. The number of nitro groups is 5. The minimum Gasteiger partial charge on any atom is -0.296 e. The Bertz CT molecular complexity index is 2600. The predicted octanol–water partition coefficient (Wildman–Crippen LogP) is 6.13. The molecular formula is C60H75N15O10. The summed E-state index contributed by atoms with van der Waals surface area (Å²) in [6.07, 6.45) is 0. The number of fused-ring (bicyclic) bond motifs is 5. The van der Waals surface area contributed by atoms with Gasteiger partial charge in [0.05, 0.1) is 24.6 Å². The van der Waals surface area contributed by atoms with E-state index in [2.05, 4.69) is 49.0 Å². The molecule has 0 aromatic heterocycles. The fourth-order valence-electron chi connectivity index (χ4n) is 13.6. The second-order valence-electron chi connectivity index (χ2n) is 23.7. The molecule has 5 fully saturated rings. The maximum Gasteiger partial charge on any atom is 0.278 e. The van der Waals surface area contributed by atoms with E-state index in [1.54, 1.807) is 0 Å². The van der Waals surface area contributed by atoms with E-state index in [1.807, 2.05) is 91.0 Å². The molecule has 0 atom stereocenters. The van der Waals surface area contributed by atoms with E-state index in [0.717, 1.165) is 0 Å². The van der Waals surface area contributed by atoms with Gasteiger partial charge in [-0.15, -0.1) is 0 Å². The lowest BCUT2D eigenvalue weighted by molar-refractivity contribution is -0.386. The highest BCUT2D eigenvalue weighted by molar-refractivity contribution is 5.52. The average molecular weight is 1170 g/mol. The van der Waals surface area contributed by atoms with E-state index in [1.165, 1.54) is 0 Å². The van der Waals surface area contributed by atoms with Crippen LogP contribution in [-0.4, -0.2) is 205 Å². The first-order valence-corrected chi connectivity index (χ1v) is 29.7. The van der Waals surface area contributed by atoms with E-state index in [0.29, 0.717) is 252 Å². The number of para-hydroxylation sites is 5. The average Bonchev–Trinajstić information content (AvgIpc) is 3.63. The molecule has 0 spiro atoms. The van der Waals surface area contributed by atoms with Gasteiger partial charge in [0.25, 0.3) is 28.4 Å². The monoisotopic (exact) mass is 1170 g/mol. The quantitative estimate of drug-likeness (QED) is 0.142. The van der Waals surface area contributed by atoms with Gasteiger partial charge < -0.3 is 0 Å². The number of benzene rings is 5. The second kappa shape index (κ2) is 27.0. The van der Waals surface area contributed by atoms with E-state index in [9.17, 15) is 50.6 Å². The summed E-state index contributed by atoms with van der Waals surface area (Å²) in [5.74, 6) is 0. The highest BCUT2D eigenvalue weighted by Crippen LogP contribution is 2.34. The van der Waals surface area contributed by atoms with Crippen molar-refractivity contribution in [2.45, 2.75) is 65.4 Å². The molecule has 0 radical (unpaired) electrons. The van der Waals surface area contributed by atoms with Crippen LogP contribution in [0.3, 0.4) is 0 Å². The molecule has 25 heteroatoms. The maximum absolute atomic E-state index is 12.8. The van der Waals surface area contributed by atoms with Gasteiger partial charge in [-0.3, -0.25) is 99.6 Å². The smallest absolute Gasteiger partial charge is 0.278 e. The highest BCUT2D eigenvalue weighted by Gasteiger charge is 2.33. The Kier molecular flexibility index (Phi) is 18.8. The van der Waals surface area contributed by atoms with E-state index < -0.39 is 0 Å². The van der Waals surface area contributed by atoms with E-state index in [-0.39, 0.29) is 53.1 Å². The van der Waals surface area contributed by atoms with Crippen molar-refractivity contribution in [3.63, 3.8) is 0 Å². The summed E-state index contributed by atoms with van der Waals surface area (Å²) in [6.45, 7) is 16.6. The van der Waals surface area contributed by atoms with Crippen molar-refractivity contribution >= 4 is 28.4 Å². The van der Waals surface area contributed by atoms with Gasteiger partial charge >= 0.3 is 0 Å². The third kappa shape index (κ3) is 14.3. The van der Waals surface area contributed by atoms with Crippen molar-refractivity contribution < 1.29 is 24.6 Å². The second-order valence-corrected chi connectivity index (χ2v) is 23.7. The van der Waals surface area contributed by atoms with Crippen molar-refractivity contribution in [2.75, 3.05) is 131 Å². The SMILES string of the molecule is O=[N+]([O-])c1c2cccc1CN1CCN(CC1)Cc1cccc(c1[N+](=O)[O-])CN1CCN(CC1)Cc1cccc(c1[N+](=O)[O-])CN1CCN(CC1)Cc1cccc(c1[N+](=O)[O-])CN1CCN(CC1)Cc1cccc(c1[N+](=O)[O-])CN1CCN(CC1)C2. The van der Waals surface area contributed by atoms with Gasteiger partial charge in [-0.05, 0) is 0 Å². The summed E-state index contributed by atoms with van der Waals surface area (Å²) in [6, 6.07) is 27.7. The van der Waals surface area contributed by atoms with Crippen LogP contribution < -0.4 is 0 Å². The Morgan fingerprint density at radius 2 is 0.294 bits per heavy atom. The zero-order chi connectivity index (χ0) is 59.1. The van der Waals surface area contributed by atoms with Crippen LogP contribution in [0.1, 0.15) is 55.6 Å². The largest absolute Gasteiger partial charge is 0.296 e. The summed E-state index contributed by atoms with van der Waals surface area (Å²) in [7, 11) is 0. The summed E-state index contributed by atoms with van der Waals surface area (Å²) in [5.41, 5.74) is 6.96. The number of rotatable bonds is 5. The predicted molar refractivity (Wildman–Crippen MR) is 318 cm³/mol. The van der Waals surface area contributed by atoms with Gasteiger partial charge in [-0.2, -0.15) is 0 Å². The lowest BCUT2D eigenvalue weighted by Crippen LogP contribution is -2.46. The molecule has 0 unspecified atom stereocenters. The molecule has 0 amide bonds. The molecule has 0 N–H and O–H groups in total. The van der Waals surface area contributed by atoms with Crippen molar-refractivity contribution in [2.24, 2.45) is 0 Å². The van der Waals surface area contributed by atoms with E-state index in [4.69, 9.17) is 0 Å². The van der Waals surface area contributed by atoms with Crippen molar-refractivity contribution in [3.8, 4) is 0 Å². The lowest BCUT2D eigenvalue weighted by atomic mass is 10.0. The molecule has 11 aliphatic rings. The van der Waals surface area contributed by atoms with Crippen LogP contribution >= 0.6 is 0 Å². The minimum absolute atomic E-state index is 0.114. The Balaban J connectivity index is 0.802. The van der Waals surface area contributed by atoms with Crippen LogP contribution in [0.25, 0.3) is 0 Å². The first-order chi connectivity index (χ1) is 41.2. The third-order valence-electron chi connectivity index (χ3n) is 18.2. The number of nitrogens with zero attached hydrogens (tertiary/aromatic N) is 15. The Morgan fingerprint density at radius 1 is 0.200 bits per heavy atom. The number of hydrogen-bond donors (Lipinski definition) is 0. The molecule has 5 aromatic carbocycles. The number of nitro benzene ring substituents is 5. The minimum atomic E-state index is -0.278. The van der Waals surface area contributed by atoms with Crippen molar-refractivity contribution in [3.05, 3.63) is 197 Å². The molecule has 5 saturated heterocycles. The molecule has 11 aliphatic heterocycles. The molecule has 20 bridgehead atoms. The lowest BCUT2D eigenvalue weighted by Gasteiger charge is -2.36. The fourth-order valence-corrected chi connectivity index (χ4v) is 13.6. The summed E-state index contributed by atoms with van der Waals surface area (Å²) >= 11 is 0. The van der Waals surface area contributed by atoms with Crippen molar-refractivity contribution in [1.29, 1.82) is 0 Å². The standard InChI is InChI=1S/C60H75N15O10/c76-71(77)56-46-6-1-7-47(56)37-62-18-22-64(23-19-62)39-49-9-3-11-51(58(49)73(80)81)41-66-26-30-68(31-27-66)43-53-13-5-15-55(60(53)75(84)85)45-70-34-32-69(33-35-70)44-54-14-4-12-52(59(54)74(82)83)42-67-28-24-65(25-29-67)40-50-10-2-8-48(57(50)72(78)79)38-63-20-16-61(36-46)17-21-63/h1-15H,16-45H2. The normalized spacial score (nSPS) is 27.1. The molecule has 0 saturated carbocycles. The molecule has 0 aliphatic carbocycles. The molecule has 25 nitrogen and oxygen atoms in total. The number of hydrogen-bond acceptors (Lipinski definition) is 20. The topological polar surface area (TPSA) is 248 Å². The van der Waals surface area contributed by atoms with Gasteiger partial charge in [0.2, 0.25) is 0 Å². The summed E-state index contributed by atoms with van der Waals surface area (Å²) < 4.78 is 0. The summed E-state index contributed by atoms with van der Waals surface area (Å²) in [5, 5.41) is 64.0. The zero-order valence-corrected chi connectivity index (χ0v) is 48.2. The molecule has 450 valence electrons. The van der Waals surface area contributed by atoms with Crippen LogP contribution in [0.5, 0.6) is 0 Å². The molecule has 16 rings (SSSR count). The highest BCUT2D eigenvalue weighted by atomic mass is 16.6. The van der Waals surface area contributed by atoms with Gasteiger partial charge in [0, 0.05) is 252 Å². The fraction of sp³-hybridized carbons (Fsp3) is 0.500. The third-order valence-corrected chi connectivity index (χ3v) is 18.2. The van der Waals surface area contributed by atoms with Crippen LogP contribution in [0.4, 0.5) is 28.4 Å². The molecule has 85 heavy (non-hydrogen) atoms. The van der Waals surface area contributed by atoms with Crippen molar-refractivity contribution in [1.82, 2.24) is 49.0 Å². The number of piperazine rings is 5. The van der Waals surface area contributed by atoms with Crippen LogP contribution in [0.2, 0.25) is 0 Å². The maximum atomic E-state index is 12.8. The summed E-state index contributed by atoms with van der Waals surface area (Å²) in [4.78, 5) is 84.7. The zero-order valence-electron chi connectivity index (χ0n) is 48.2. The van der Waals surface area contributed by atoms with E-state index >= 15 is 0 Å². The Morgan fingerprint density at radius 3 is 0.376 bits per heavy atom. The molecule has 11 heterocycles. The van der Waals surface area contributed by atoms with Gasteiger partial charge in [0.15, 0.2) is 0 Å². The first-order valence-electron chi connectivity index (χ1n) is 29.7. The van der Waals surface area contributed by atoms with Gasteiger partial charge in [-0.25, -0.2) is 0 Å². The van der Waals surface area contributed by atoms with Crippen LogP contribution in [0, 0.1) is 50.6 Å². The van der Waals surface area contributed by atoms with Gasteiger partial charge in [0.1, 0.15) is 0 Å². The Labute approximate surface area is 493 Å². The van der Waals surface area contributed by atoms with Crippen LogP contribution in [-0.2, 0) is 65.4 Å². The van der Waals surface area contributed by atoms with Crippen LogP contribution in [0.15, 0.2) is 91.0 Å². The Hall–Kier alpha value is -7.30. The van der Waals surface area contributed by atoms with Gasteiger partial charge in [-0.1, -0.05) is 91.0 Å². The molecule has 5 aromatic rings.